The first kappa shape index (κ1) is 18.9. The zero-order valence-corrected chi connectivity index (χ0v) is 16.7. The van der Waals surface area contributed by atoms with Crippen molar-refractivity contribution in [3.05, 3.63) is 24.3 Å². The van der Waals surface area contributed by atoms with E-state index in [0.29, 0.717) is 18.2 Å². The van der Waals surface area contributed by atoms with Crippen LogP contribution >= 0.6 is 0 Å². The molecule has 0 aromatic carbocycles. The van der Waals surface area contributed by atoms with Crippen LogP contribution in [0.5, 0.6) is 0 Å². The summed E-state index contributed by atoms with van der Waals surface area (Å²) < 4.78 is 28.8. The van der Waals surface area contributed by atoms with Gasteiger partial charge in [0.2, 0.25) is 10.0 Å². The van der Waals surface area contributed by atoms with Gasteiger partial charge in [0, 0.05) is 24.0 Å². The number of pyridine rings is 1. The van der Waals surface area contributed by atoms with E-state index >= 15 is 0 Å². The van der Waals surface area contributed by atoms with Crippen molar-refractivity contribution in [2.24, 2.45) is 5.92 Å². The molecule has 3 aromatic heterocycles. The number of aromatic nitrogens is 4. The van der Waals surface area contributed by atoms with E-state index in [1.54, 1.807) is 13.1 Å². The molecule has 0 atom stereocenters. The van der Waals surface area contributed by atoms with Crippen molar-refractivity contribution >= 4 is 32.1 Å². The highest BCUT2D eigenvalue weighted by Crippen LogP contribution is 2.37. The number of nitrogens with one attached hydrogen (secondary N) is 2. The molecule has 0 amide bonds. The van der Waals surface area contributed by atoms with Gasteiger partial charge in [-0.25, -0.2) is 23.1 Å². The summed E-state index contributed by atoms with van der Waals surface area (Å²) in [6.45, 7) is 1.78. The van der Waals surface area contributed by atoms with Crippen molar-refractivity contribution in [2.75, 3.05) is 5.75 Å². The molecule has 28 heavy (non-hydrogen) atoms. The summed E-state index contributed by atoms with van der Waals surface area (Å²) in [6.07, 6.45) is 8.12. The number of hydrogen-bond donors (Lipinski definition) is 2. The second kappa shape index (κ2) is 7.53. The third-order valence-corrected chi connectivity index (χ3v) is 7.04. The first-order chi connectivity index (χ1) is 13.5. The van der Waals surface area contributed by atoms with Gasteiger partial charge < -0.3 is 9.55 Å². The molecule has 148 valence electrons. The molecule has 2 N–H and O–H groups in total. The van der Waals surface area contributed by atoms with Crippen LogP contribution in [0, 0.1) is 17.2 Å². The van der Waals surface area contributed by atoms with Crippen LogP contribution in [0.4, 0.5) is 0 Å². The monoisotopic (exact) mass is 400 g/mol. The van der Waals surface area contributed by atoms with Crippen molar-refractivity contribution in [3.8, 4) is 6.07 Å². The highest BCUT2D eigenvalue weighted by Gasteiger charge is 2.27. The molecule has 0 unspecified atom stereocenters. The summed E-state index contributed by atoms with van der Waals surface area (Å²) >= 11 is 0. The van der Waals surface area contributed by atoms with Crippen LogP contribution in [0.2, 0.25) is 0 Å². The first-order valence-corrected chi connectivity index (χ1v) is 11.3. The second-order valence-electron chi connectivity index (χ2n) is 7.39. The Bertz CT molecular complexity index is 1130. The van der Waals surface area contributed by atoms with Gasteiger partial charge in [0.1, 0.15) is 17.0 Å². The number of rotatable bonds is 6. The first-order valence-electron chi connectivity index (χ1n) is 9.69. The van der Waals surface area contributed by atoms with Crippen LogP contribution in [-0.4, -0.2) is 33.7 Å². The average Bonchev–Trinajstić information content (AvgIpc) is 3.31. The van der Waals surface area contributed by atoms with Gasteiger partial charge in [0.05, 0.1) is 30.1 Å². The molecule has 1 fully saturated rings. The largest absolute Gasteiger partial charge is 0.346 e. The molecule has 1 saturated carbocycles. The summed E-state index contributed by atoms with van der Waals surface area (Å²) in [4.78, 5) is 12.3. The van der Waals surface area contributed by atoms with Gasteiger partial charge in [0.25, 0.3) is 0 Å². The number of H-pyrrole nitrogens is 1. The molecule has 1 aliphatic rings. The number of imidazole rings is 1. The molecule has 3 heterocycles. The van der Waals surface area contributed by atoms with Gasteiger partial charge in [0.15, 0.2) is 0 Å². The Hall–Kier alpha value is -2.44. The number of sulfonamides is 1. The topological polar surface area (TPSA) is 116 Å². The molecule has 0 aliphatic heterocycles. The highest BCUT2D eigenvalue weighted by atomic mass is 32.2. The minimum absolute atomic E-state index is 0.0378. The SMILES string of the molecule is CCS(=O)(=O)NCc1nc2cnc3[nH]ccc3c2n1C1CCC(CC#N)CC1. The molecule has 3 aromatic rings. The zero-order chi connectivity index (χ0) is 19.7. The molecule has 0 radical (unpaired) electrons. The summed E-state index contributed by atoms with van der Waals surface area (Å²) in [7, 11) is -3.31. The van der Waals surface area contributed by atoms with Gasteiger partial charge in [-0.2, -0.15) is 5.26 Å². The lowest BCUT2D eigenvalue weighted by atomic mass is 9.84. The minimum atomic E-state index is -3.31. The third-order valence-electron chi connectivity index (χ3n) is 5.70. The van der Waals surface area contributed by atoms with Crippen molar-refractivity contribution in [3.63, 3.8) is 0 Å². The second-order valence-corrected chi connectivity index (χ2v) is 9.49. The van der Waals surface area contributed by atoms with Crippen molar-refractivity contribution in [2.45, 2.75) is 51.6 Å². The van der Waals surface area contributed by atoms with Crippen LogP contribution < -0.4 is 4.72 Å². The Kier molecular flexibility index (Phi) is 5.08. The third kappa shape index (κ3) is 3.50. The number of fused-ring (bicyclic) bond motifs is 3. The van der Waals surface area contributed by atoms with Crippen molar-refractivity contribution < 1.29 is 8.42 Å². The number of nitriles is 1. The average molecular weight is 401 g/mol. The normalized spacial score (nSPS) is 20.6. The molecule has 0 bridgehead atoms. The lowest BCUT2D eigenvalue weighted by Gasteiger charge is -2.30. The number of nitrogens with zero attached hydrogens (tertiary/aromatic N) is 4. The number of hydrogen-bond acceptors (Lipinski definition) is 5. The van der Waals surface area contributed by atoms with Gasteiger partial charge in [-0.05, 0) is 44.6 Å². The van der Waals surface area contributed by atoms with Crippen LogP contribution in [-0.2, 0) is 16.6 Å². The predicted molar refractivity (Wildman–Crippen MR) is 107 cm³/mol. The van der Waals surface area contributed by atoms with E-state index in [4.69, 9.17) is 10.2 Å². The Morgan fingerprint density at radius 2 is 2.14 bits per heavy atom. The molecule has 9 heteroatoms. The summed E-state index contributed by atoms with van der Waals surface area (Å²) in [5, 5.41) is 9.97. The van der Waals surface area contributed by atoms with E-state index in [9.17, 15) is 8.42 Å². The van der Waals surface area contributed by atoms with E-state index in [0.717, 1.165) is 47.8 Å². The smallest absolute Gasteiger partial charge is 0.211 e. The molecule has 0 saturated heterocycles. The van der Waals surface area contributed by atoms with E-state index in [1.807, 2.05) is 12.3 Å². The lowest BCUT2D eigenvalue weighted by molar-refractivity contribution is 0.277. The Morgan fingerprint density at radius 1 is 1.36 bits per heavy atom. The van der Waals surface area contributed by atoms with Gasteiger partial charge in [-0.3, -0.25) is 0 Å². The van der Waals surface area contributed by atoms with Crippen molar-refractivity contribution in [1.82, 2.24) is 24.2 Å². The summed E-state index contributed by atoms with van der Waals surface area (Å²) in [6, 6.07) is 4.51. The summed E-state index contributed by atoms with van der Waals surface area (Å²) in [5.74, 6) is 1.20. The van der Waals surface area contributed by atoms with Gasteiger partial charge >= 0.3 is 0 Å². The zero-order valence-electron chi connectivity index (χ0n) is 15.9. The van der Waals surface area contributed by atoms with Crippen LogP contribution in [0.3, 0.4) is 0 Å². The molecular weight excluding hydrogens is 376 g/mol. The fourth-order valence-electron chi connectivity index (χ4n) is 4.17. The Balaban J connectivity index is 1.76. The fraction of sp³-hybridized carbons (Fsp3) is 0.526. The van der Waals surface area contributed by atoms with Crippen LogP contribution in [0.1, 0.15) is 50.9 Å². The number of aromatic amines is 1. The molecule has 1 aliphatic carbocycles. The quantitative estimate of drug-likeness (QED) is 0.660. The van der Waals surface area contributed by atoms with E-state index in [2.05, 4.69) is 25.3 Å². The Morgan fingerprint density at radius 3 is 2.86 bits per heavy atom. The Labute approximate surface area is 164 Å². The van der Waals surface area contributed by atoms with Crippen LogP contribution in [0.15, 0.2) is 18.5 Å². The maximum Gasteiger partial charge on any atom is 0.211 e. The maximum atomic E-state index is 12.0. The standard InChI is InChI=1S/C19H24N6O2S/c1-2-28(26,27)23-12-17-24-16-11-22-19-15(8-10-21-19)18(16)25(17)14-5-3-13(4-6-14)7-9-20/h8,10-11,13-14,23H,2-7,12H2,1H3,(H,21,22). The van der Waals surface area contributed by atoms with Gasteiger partial charge in [-0.15, -0.1) is 0 Å². The van der Waals surface area contributed by atoms with E-state index in [1.165, 1.54) is 0 Å². The molecule has 4 rings (SSSR count). The molecule has 8 nitrogen and oxygen atoms in total. The van der Waals surface area contributed by atoms with Gasteiger partial charge in [-0.1, -0.05) is 0 Å². The summed E-state index contributed by atoms with van der Waals surface area (Å²) in [5.41, 5.74) is 2.57. The fourth-order valence-corrected chi connectivity index (χ4v) is 4.72. The van der Waals surface area contributed by atoms with Crippen LogP contribution in [0.25, 0.3) is 22.1 Å². The van der Waals surface area contributed by atoms with E-state index < -0.39 is 10.0 Å². The minimum Gasteiger partial charge on any atom is -0.346 e. The van der Waals surface area contributed by atoms with Crippen molar-refractivity contribution in [1.29, 1.82) is 5.26 Å². The van der Waals surface area contributed by atoms with E-state index in [-0.39, 0.29) is 18.3 Å². The highest BCUT2D eigenvalue weighted by molar-refractivity contribution is 7.89. The molecule has 0 spiro atoms. The lowest BCUT2D eigenvalue weighted by Crippen LogP contribution is -2.28. The molecular formula is C19H24N6O2S. The predicted octanol–water partition coefficient (Wildman–Crippen LogP) is 3.00. The maximum absolute atomic E-state index is 12.0.